The first-order chi connectivity index (χ1) is 14.8. The zero-order valence-electron chi connectivity index (χ0n) is 18.0. The summed E-state index contributed by atoms with van der Waals surface area (Å²) in [4.78, 5) is 14.5. The highest BCUT2D eigenvalue weighted by Crippen LogP contribution is 2.24. The van der Waals surface area contributed by atoms with E-state index in [0.717, 1.165) is 16.9 Å². The van der Waals surface area contributed by atoms with Gasteiger partial charge in [0.2, 0.25) is 10.0 Å². The normalized spacial score (nSPS) is 14.4. The van der Waals surface area contributed by atoms with E-state index < -0.39 is 10.0 Å². The molecular formula is C22H28N2O6S. The summed E-state index contributed by atoms with van der Waals surface area (Å²) in [6.07, 6.45) is 0. The van der Waals surface area contributed by atoms with Crippen LogP contribution < -0.4 is 14.2 Å². The van der Waals surface area contributed by atoms with Gasteiger partial charge in [-0.15, -0.1) is 0 Å². The topological polar surface area (TPSA) is 94.2 Å². The van der Waals surface area contributed by atoms with Crippen molar-refractivity contribution in [3.8, 4) is 11.5 Å². The Balaban J connectivity index is 1.68. The van der Waals surface area contributed by atoms with Crippen LogP contribution in [0.1, 0.15) is 21.5 Å². The van der Waals surface area contributed by atoms with Crippen molar-refractivity contribution in [2.45, 2.75) is 18.7 Å². The second-order valence-electron chi connectivity index (χ2n) is 7.21. The first kappa shape index (κ1) is 23.1. The number of methoxy groups -OCH3 is 1. The predicted octanol–water partition coefficient (Wildman–Crippen LogP) is 2.14. The number of hydrogen-bond donors (Lipinski definition) is 1. The Morgan fingerprint density at radius 3 is 2.58 bits per heavy atom. The van der Waals surface area contributed by atoms with Crippen LogP contribution in [0.2, 0.25) is 0 Å². The van der Waals surface area contributed by atoms with Gasteiger partial charge < -0.3 is 19.1 Å². The van der Waals surface area contributed by atoms with Crippen molar-refractivity contribution in [1.29, 1.82) is 0 Å². The van der Waals surface area contributed by atoms with Gasteiger partial charge in [-0.1, -0.05) is 12.1 Å². The first-order valence-corrected chi connectivity index (χ1v) is 11.6. The van der Waals surface area contributed by atoms with Gasteiger partial charge in [0.1, 0.15) is 18.1 Å². The van der Waals surface area contributed by atoms with Crippen molar-refractivity contribution in [1.82, 2.24) is 9.62 Å². The smallest absolute Gasteiger partial charge is 0.257 e. The van der Waals surface area contributed by atoms with Gasteiger partial charge in [-0.2, -0.15) is 0 Å². The largest absolute Gasteiger partial charge is 0.496 e. The number of benzene rings is 2. The van der Waals surface area contributed by atoms with Crippen LogP contribution in [-0.2, 0) is 14.8 Å². The lowest BCUT2D eigenvalue weighted by molar-refractivity contribution is 0.0300. The summed E-state index contributed by atoms with van der Waals surface area (Å²) in [5.41, 5.74) is 2.33. The third-order valence-corrected chi connectivity index (χ3v) is 6.68. The maximum atomic E-state index is 12.9. The SMILES string of the molecule is COc1ccc(S(=O)(=O)NCCOc2cccc(C)c2C)cc1C(=O)N1CCOCC1. The van der Waals surface area contributed by atoms with Gasteiger partial charge in [-0.25, -0.2) is 13.1 Å². The van der Waals surface area contributed by atoms with E-state index >= 15 is 0 Å². The Kier molecular flexibility index (Phi) is 7.53. The maximum Gasteiger partial charge on any atom is 0.257 e. The highest BCUT2D eigenvalue weighted by Gasteiger charge is 2.24. The number of amides is 1. The zero-order chi connectivity index (χ0) is 22.4. The van der Waals surface area contributed by atoms with E-state index in [2.05, 4.69) is 4.72 Å². The van der Waals surface area contributed by atoms with Gasteiger partial charge in [0.25, 0.3) is 5.91 Å². The lowest BCUT2D eigenvalue weighted by Gasteiger charge is -2.27. The average Bonchev–Trinajstić information content (AvgIpc) is 2.79. The molecule has 1 saturated heterocycles. The van der Waals surface area contributed by atoms with Crippen LogP contribution in [0.3, 0.4) is 0 Å². The zero-order valence-corrected chi connectivity index (χ0v) is 18.8. The second kappa shape index (κ2) is 10.1. The van der Waals surface area contributed by atoms with E-state index in [-0.39, 0.29) is 29.5 Å². The summed E-state index contributed by atoms with van der Waals surface area (Å²) in [6, 6.07) is 10.0. The van der Waals surface area contributed by atoms with Gasteiger partial charge in [0.15, 0.2) is 0 Å². The minimum absolute atomic E-state index is 0.00311. The molecule has 0 saturated carbocycles. The third kappa shape index (κ3) is 5.55. The quantitative estimate of drug-likeness (QED) is 0.622. The van der Waals surface area contributed by atoms with Crippen LogP contribution in [0.5, 0.6) is 11.5 Å². The summed E-state index contributed by atoms with van der Waals surface area (Å²) < 4.78 is 44.3. The molecule has 1 N–H and O–H groups in total. The number of ether oxygens (including phenoxy) is 3. The first-order valence-electron chi connectivity index (χ1n) is 10.1. The van der Waals surface area contributed by atoms with E-state index in [1.54, 1.807) is 4.90 Å². The van der Waals surface area contributed by atoms with Gasteiger partial charge in [0, 0.05) is 19.6 Å². The van der Waals surface area contributed by atoms with Crippen LogP contribution >= 0.6 is 0 Å². The molecule has 9 heteroatoms. The van der Waals surface area contributed by atoms with Gasteiger partial charge in [-0.05, 0) is 49.2 Å². The van der Waals surface area contributed by atoms with E-state index in [4.69, 9.17) is 14.2 Å². The van der Waals surface area contributed by atoms with Gasteiger partial charge in [0.05, 0.1) is 30.8 Å². The number of aryl methyl sites for hydroxylation is 1. The van der Waals surface area contributed by atoms with Crippen molar-refractivity contribution in [3.63, 3.8) is 0 Å². The van der Waals surface area contributed by atoms with E-state index in [0.29, 0.717) is 32.1 Å². The lowest BCUT2D eigenvalue weighted by atomic mass is 10.1. The fourth-order valence-corrected chi connectivity index (χ4v) is 4.30. The molecule has 0 aliphatic carbocycles. The fraction of sp³-hybridized carbons (Fsp3) is 0.409. The molecule has 0 unspecified atom stereocenters. The van der Waals surface area contributed by atoms with Crippen LogP contribution in [-0.4, -0.2) is 65.8 Å². The molecule has 168 valence electrons. The van der Waals surface area contributed by atoms with Crippen molar-refractivity contribution in [2.75, 3.05) is 46.6 Å². The highest BCUT2D eigenvalue weighted by molar-refractivity contribution is 7.89. The molecule has 0 aromatic heterocycles. The second-order valence-corrected chi connectivity index (χ2v) is 8.98. The Morgan fingerprint density at radius 1 is 1.13 bits per heavy atom. The molecule has 1 heterocycles. The van der Waals surface area contributed by atoms with Crippen molar-refractivity contribution in [2.24, 2.45) is 0 Å². The average molecular weight is 449 g/mol. The molecule has 0 radical (unpaired) electrons. The molecule has 0 atom stereocenters. The Labute approximate surface area is 183 Å². The van der Waals surface area contributed by atoms with E-state index in [1.807, 2.05) is 32.0 Å². The summed E-state index contributed by atoms with van der Waals surface area (Å²) in [5.74, 6) is 0.770. The Hall–Kier alpha value is -2.62. The number of morpholine rings is 1. The van der Waals surface area contributed by atoms with Crippen LogP contribution in [0.15, 0.2) is 41.3 Å². The number of carbonyl (C=O) groups excluding carboxylic acids is 1. The van der Waals surface area contributed by atoms with Crippen LogP contribution in [0, 0.1) is 13.8 Å². The monoisotopic (exact) mass is 448 g/mol. The highest BCUT2D eigenvalue weighted by atomic mass is 32.2. The molecule has 8 nitrogen and oxygen atoms in total. The van der Waals surface area contributed by atoms with Gasteiger partial charge >= 0.3 is 0 Å². The number of rotatable bonds is 8. The minimum Gasteiger partial charge on any atom is -0.496 e. The minimum atomic E-state index is -3.83. The number of nitrogens with one attached hydrogen (secondary N) is 1. The van der Waals surface area contributed by atoms with Crippen molar-refractivity contribution >= 4 is 15.9 Å². The van der Waals surface area contributed by atoms with Crippen molar-refractivity contribution < 1.29 is 27.4 Å². The van der Waals surface area contributed by atoms with Crippen molar-refractivity contribution in [3.05, 3.63) is 53.1 Å². The standard InChI is InChI=1S/C22H28N2O6S/c1-16-5-4-6-20(17(16)2)30-12-9-23-31(26,27)18-7-8-21(28-3)19(15-18)22(25)24-10-13-29-14-11-24/h4-8,15,23H,9-14H2,1-3H3. The maximum absolute atomic E-state index is 12.9. The van der Waals surface area contributed by atoms with E-state index in [1.165, 1.54) is 25.3 Å². The molecule has 2 aromatic carbocycles. The van der Waals surface area contributed by atoms with Crippen LogP contribution in [0.4, 0.5) is 0 Å². The molecule has 3 rings (SSSR count). The molecular weight excluding hydrogens is 420 g/mol. The number of sulfonamides is 1. The number of carbonyl (C=O) groups is 1. The molecule has 0 bridgehead atoms. The summed E-state index contributed by atoms with van der Waals surface area (Å²) in [6.45, 7) is 6.03. The molecule has 0 spiro atoms. The Morgan fingerprint density at radius 2 is 1.87 bits per heavy atom. The molecule has 1 aliphatic heterocycles. The molecule has 1 aliphatic rings. The number of nitrogens with zero attached hydrogens (tertiary/aromatic N) is 1. The number of hydrogen-bond acceptors (Lipinski definition) is 6. The van der Waals surface area contributed by atoms with Gasteiger partial charge in [-0.3, -0.25) is 4.79 Å². The summed E-state index contributed by atoms with van der Waals surface area (Å²) in [7, 11) is -2.38. The Bertz CT molecular complexity index is 1030. The predicted molar refractivity (Wildman–Crippen MR) is 116 cm³/mol. The fourth-order valence-electron chi connectivity index (χ4n) is 3.26. The summed E-state index contributed by atoms with van der Waals surface area (Å²) >= 11 is 0. The third-order valence-electron chi connectivity index (χ3n) is 5.22. The molecule has 31 heavy (non-hydrogen) atoms. The lowest BCUT2D eigenvalue weighted by Crippen LogP contribution is -2.40. The van der Waals surface area contributed by atoms with Crippen LogP contribution in [0.25, 0.3) is 0 Å². The molecule has 2 aromatic rings. The van der Waals surface area contributed by atoms with E-state index in [9.17, 15) is 13.2 Å². The molecule has 1 amide bonds. The molecule has 1 fully saturated rings. The summed E-state index contributed by atoms with van der Waals surface area (Å²) in [5, 5.41) is 0.